The standard InChI is InChI=1S/C27H24Cl2N4O5S/c1-16-11-19(12-25-26(34)31(27(35)39-25)15-18-3-4-20(28)13-22(18)29)17(2)32(16)21-5-6-23(24(14-21)33(36)37)30-7-9-38-10-8-30/h3-6,11-14H,7-10,15H2,1-2H3/b25-12-. The topological polar surface area (TPSA) is 97.9 Å². The third-order valence-electron chi connectivity index (χ3n) is 6.74. The SMILES string of the molecule is Cc1cc(/C=C2\SC(=O)N(Cc3ccc(Cl)cc3Cl)C2=O)c(C)n1-c1ccc(N2CCOCC2)c([N+](=O)[O-])c1. The molecule has 12 heteroatoms. The summed E-state index contributed by atoms with van der Waals surface area (Å²) in [6.45, 7) is 6.03. The summed E-state index contributed by atoms with van der Waals surface area (Å²) in [6.07, 6.45) is 1.68. The number of ether oxygens (including phenoxy) is 1. The maximum atomic E-state index is 13.1. The van der Waals surface area contributed by atoms with Crippen LogP contribution < -0.4 is 4.90 Å². The average Bonchev–Trinajstić information content (AvgIpc) is 3.34. The van der Waals surface area contributed by atoms with E-state index in [2.05, 4.69) is 0 Å². The van der Waals surface area contributed by atoms with Crippen LogP contribution in [0.4, 0.5) is 16.2 Å². The summed E-state index contributed by atoms with van der Waals surface area (Å²) < 4.78 is 7.28. The molecule has 0 saturated carbocycles. The molecule has 9 nitrogen and oxygen atoms in total. The molecule has 2 aliphatic heterocycles. The van der Waals surface area contributed by atoms with Crippen LogP contribution in [0.3, 0.4) is 0 Å². The number of rotatable bonds is 6. The highest BCUT2D eigenvalue weighted by Crippen LogP contribution is 2.37. The van der Waals surface area contributed by atoms with E-state index in [0.29, 0.717) is 58.2 Å². The lowest BCUT2D eigenvalue weighted by Crippen LogP contribution is -2.36. The van der Waals surface area contributed by atoms with E-state index in [0.717, 1.165) is 33.6 Å². The van der Waals surface area contributed by atoms with Gasteiger partial charge in [0.15, 0.2) is 0 Å². The highest BCUT2D eigenvalue weighted by molar-refractivity contribution is 8.18. The first-order valence-electron chi connectivity index (χ1n) is 12.1. The highest BCUT2D eigenvalue weighted by Gasteiger charge is 2.35. The van der Waals surface area contributed by atoms with Crippen LogP contribution in [-0.4, -0.2) is 51.8 Å². The first-order valence-corrected chi connectivity index (χ1v) is 13.7. The Morgan fingerprint density at radius 1 is 1.08 bits per heavy atom. The fourth-order valence-electron chi connectivity index (χ4n) is 4.80. The molecule has 0 spiro atoms. The van der Waals surface area contributed by atoms with Crippen LogP contribution in [0.1, 0.15) is 22.5 Å². The van der Waals surface area contributed by atoms with Gasteiger partial charge in [0, 0.05) is 40.6 Å². The molecule has 0 aliphatic carbocycles. The number of nitro groups is 1. The van der Waals surface area contributed by atoms with Gasteiger partial charge >= 0.3 is 0 Å². The first kappa shape index (κ1) is 27.3. The second-order valence-corrected chi connectivity index (χ2v) is 11.0. The number of morpholine rings is 1. The molecule has 2 saturated heterocycles. The van der Waals surface area contributed by atoms with Crippen molar-refractivity contribution in [1.82, 2.24) is 9.47 Å². The molecule has 2 aromatic carbocycles. The Hall–Kier alpha value is -3.31. The molecule has 3 aromatic rings. The lowest BCUT2D eigenvalue weighted by atomic mass is 10.2. The molecule has 202 valence electrons. The van der Waals surface area contributed by atoms with E-state index in [1.54, 1.807) is 36.4 Å². The number of aromatic nitrogens is 1. The van der Waals surface area contributed by atoms with Crippen LogP contribution in [0, 0.1) is 24.0 Å². The van der Waals surface area contributed by atoms with E-state index in [4.69, 9.17) is 27.9 Å². The number of carbonyl (C=O) groups is 2. The number of hydrogen-bond donors (Lipinski definition) is 0. The number of nitro benzene ring substituents is 1. The summed E-state index contributed by atoms with van der Waals surface area (Å²) in [5.41, 5.74) is 4.19. The van der Waals surface area contributed by atoms with Gasteiger partial charge in [0.05, 0.1) is 35.3 Å². The molecular formula is C27H24Cl2N4O5S. The fraction of sp³-hybridized carbons (Fsp3) is 0.259. The van der Waals surface area contributed by atoms with Gasteiger partial charge in [0.25, 0.3) is 16.8 Å². The number of benzene rings is 2. The van der Waals surface area contributed by atoms with Gasteiger partial charge in [-0.3, -0.25) is 24.6 Å². The second kappa shape index (κ2) is 11.1. The summed E-state index contributed by atoms with van der Waals surface area (Å²) in [5, 5.41) is 12.4. The van der Waals surface area contributed by atoms with E-state index < -0.39 is 5.91 Å². The quantitative estimate of drug-likeness (QED) is 0.188. The number of hydrogen-bond acceptors (Lipinski definition) is 7. The minimum absolute atomic E-state index is 0.0189. The van der Waals surface area contributed by atoms with Crippen LogP contribution in [0.5, 0.6) is 0 Å². The lowest BCUT2D eigenvalue weighted by Gasteiger charge is -2.28. The van der Waals surface area contributed by atoms with E-state index in [9.17, 15) is 19.7 Å². The number of anilines is 1. The summed E-state index contributed by atoms with van der Waals surface area (Å²) in [6, 6.07) is 12.0. The van der Waals surface area contributed by atoms with Crippen molar-refractivity contribution in [1.29, 1.82) is 0 Å². The van der Waals surface area contributed by atoms with Crippen molar-refractivity contribution in [2.24, 2.45) is 0 Å². The molecule has 0 unspecified atom stereocenters. The number of amides is 2. The molecule has 5 rings (SSSR count). The molecule has 2 amide bonds. The number of halogens is 2. The zero-order valence-electron chi connectivity index (χ0n) is 21.1. The molecule has 2 aliphatic rings. The number of nitrogens with zero attached hydrogens (tertiary/aromatic N) is 4. The van der Waals surface area contributed by atoms with Gasteiger partial charge in [-0.25, -0.2) is 0 Å². The molecule has 3 heterocycles. The van der Waals surface area contributed by atoms with Crippen LogP contribution in [0.25, 0.3) is 11.8 Å². The Labute approximate surface area is 239 Å². The zero-order valence-corrected chi connectivity index (χ0v) is 23.5. The first-order chi connectivity index (χ1) is 18.6. The fourth-order valence-corrected chi connectivity index (χ4v) is 6.10. The Kier molecular flexibility index (Phi) is 7.73. The Bertz CT molecular complexity index is 1530. The van der Waals surface area contributed by atoms with Crippen LogP contribution >= 0.6 is 35.0 Å². The van der Waals surface area contributed by atoms with Gasteiger partial charge in [0.2, 0.25) is 0 Å². The molecule has 0 N–H and O–H groups in total. The Balaban J connectivity index is 1.44. The van der Waals surface area contributed by atoms with Gasteiger partial charge in [-0.2, -0.15) is 0 Å². The van der Waals surface area contributed by atoms with Crippen molar-refractivity contribution >= 4 is 63.6 Å². The van der Waals surface area contributed by atoms with Crippen LogP contribution in [0.15, 0.2) is 47.4 Å². The largest absolute Gasteiger partial charge is 0.378 e. The maximum Gasteiger partial charge on any atom is 0.294 e. The second-order valence-electron chi connectivity index (χ2n) is 9.20. The van der Waals surface area contributed by atoms with E-state index in [-0.39, 0.29) is 22.4 Å². The van der Waals surface area contributed by atoms with Crippen molar-refractivity contribution in [2.45, 2.75) is 20.4 Å². The molecule has 0 atom stereocenters. The third kappa shape index (κ3) is 5.42. The van der Waals surface area contributed by atoms with Gasteiger partial charge < -0.3 is 14.2 Å². The predicted octanol–water partition coefficient (Wildman–Crippen LogP) is 6.38. The molecular weight excluding hydrogens is 563 g/mol. The van der Waals surface area contributed by atoms with E-state index in [1.807, 2.05) is 35.4 Å². The van der Waals surface area contributed by atoms with Crippen molar-refractivity contribution in [3.8, 4) is 5.69 Å². The van der Waals surface area contributed by atoms with Gasteiger partial charge in [-0.05, 0) is 73.1 Å². The van der Waals surface area contributed by atoms with Gasteiger partial charge in [-0.1, -0.05) is 29.3 Å². The molecule has 0 radical (unpaired) electrons. The minimum Gasteiger partial charge on any atom is -0.378 e. The van der Waals surface area contributed by atoms with E-state index in [1.165, 1.54) is 0 Å². The average molecular weight is 587 g/mol. The number of aryl methyl sites for hydroxylation is 1. The van der Waals surface area contributed by atoms with Crippen LogP contribution in [0.2, 0.25) is 10.0 Å². The van der Waals surface area contributed by atoms with Crippen molar-refractivity contribution in [3.63, 3.8) is 0 Å². The molecule has 39 heavy (non-hydrogen) atoms. The molecule has 0 bridgehead atoms. The molecule has 2 fully saturated rings. The number of imide groups is 1. The minimum atomic E-state index is -0.411. The highest BCUT2D eigenvalue weighted by atomic mass is 35.5. The number of thioether (sulfide) groups is 1. The van der Waals surface area contributed by atoms with Crippen LogP contribution in [-0.2, 0) is 16.1 Å². The Morgan fingerprint density at radius 2 is 1.82 bits per heavy atom. The normalized spacial score (nSPS) is 17.0. The van der Waals surface area contributed by atoms with Gasteiger partial charge in [-0.15, -0.1) is 0 Å². The summed E-state index contributed by atoms with van der Waals surface area (Å²) in [7, 11) is 0. The maximum absolute atomic E-state index is 13.1. The zero-order chi connectivity index (χ0) is 27.8. The third-order valence-corrected chi connectivity index (χ3v) is 8.23. The molecule has 1 aromatic heterocycles. The Morgan fingerprint density at radius 3 is 2.51 bits per heavy atom. The number of carbonyl (C=O) groups excluding carboxylic acids is 2. The summed E-state index contributed by atoms with van der Waals surface area (Å²) >= 11 is 13.1. The monoisotopic (exact) mass is 586 g/mol. The predicted molar refractivity (Wildman–Crippen MR) is 153 cm³/mol. The summed E-state index contributed by atoms with van der Waals surface area (Å²) in [4.78, 5) is 40.8. The van der Waals surface area contributed by atoms with Crippen molar-refractivity contribution in [3.05, 3.63) is 90.0 Å². The summed E-state index contributed by atoms with van der Waals surface area (Å²) in [5.74, 6) is -0.411. The smallest absolute Gasteiger partial charge is 0.294 e. The van der Waals surface area contributed by atoms with Gasteiger partial charge in [0.1, 0.15) is 5.69 Å². The lowest BCUT2D eigenvalue weighted by molar-refractivity contribution is -0.384. The van der Waals surface area contributed by atoms with E-state index >= 15 is 0 Å². The van der Waals surface area contributed by atoms with Crippen molar-refractivity contribution < 1.29 is 19.2 Å². The van der Waals surface area contributed by atoms with Crippen molar-refractivity contribution in [2.75, 3.05) is 31.2 Å².